The van der Waals surface area contributed by atoms with Crippen molar-refractivity contribution in [3.05, 3.63) is 23.2 Å². The maximum atomic E-state index is 12.0. The van der Waals surface area contributed by atoms with Crippen molar-refractivity contribution in [1.29, 1.82) is 0 Å². The summed E-state index contributed by atoms with van der Waals surface area (Å²) in [7, 11) is -3.29. The van der Waals surface area contributed by atoms with Crippen LogP contribution >= 0.6 is 11.6 Å². The lowest BCUT2D eigenvalue weighted by Gasteiger charge is -2.18. The Bertz CT molecular complexity index is 721. The number of hydrogen-bond donors (Lipinski definition) is 2. The van der Waals surface area contributed by atoms with Crippen molar-refractivity contribution < 1.29 is 18.0 Å². The lowest BCUT2D eigenvalue weighted by Crippen LogP contribution is -2.26. The van der Waals surface area contributed by atoms with Crippen molar-refractivity contribution in [2.45, 2.75) is 19.8 Å². The van der Waals surface area contributed by atoms with Crippen LogP contribution in [0.25, 0.3) is 0 Å². The average Bonchev–Trinajstić information content (AvgIpc) is 2.80. The first-order chi connectivity index (χ1) is 10.8. The second-order valence-electron chi connectivity index (χ2n) is 5.19. The lowest BCUT2D eigenvalue weighted by molar-refractivity contribution is -0.119. The zero-order valence-electron chi connectivity index (χ0n) is 12.6. The molecule has 1 aromatic carbocycles. The minimum Gasteiger partial charge on any atom is -0.356 e. The number of carbonyl (C=O) groups excluding carboxylic acids is 2. The highest BCUT2D eigenvalue weighted by atomic mass is 35.5. The standard InChI is InChI=1S/C14H18ClN3O4S/c1-10(19)16-6-5-14(20)17-13-9-11(3-4-12(13)15)18-7-2-8-23(18,21)22/h3-4,9H,2,5-8H2,1H3,(H,16,19)(H,17,20). The fourth-order valence-electron chi connectivity index (χ4n) is 2.26. The molecule has 0 aromatic heterocycles. The first kappa shape index (κ1) is 17.6. The number of benzene rings is 1. The minimum absolute atomic E-state index is 0.0994. The molecule has 1 heterocycles. The Labute approximate surface area is 140 Å². The predicted octanol–water partition coefficient (Wildman–Crippen LogP) is 1.34. The maximum Gasteiger partial charge on any atom is 0.235 e. The van der Waals surface area contributed by atoms with E-state index in [0.717, 1.165) is 0 Å². The van der Waals surface area contributed by atoms with Crippen molar-refractivity contribution >= 4 is 44.8 Å². The Morgan fingerprint density at radius 1 is 1.35 bits per heavy atom. The van der Waals surface area contributed by atoms with E-state index in [1.807, 2.05) is 0 Å². The predicted molar refractivity (Wildman–Crippen MR) is 89.1 cm³/mol. The molecule has 1 fully saturated rings. The quantitative estimate of drug-likeness (QED) is 0.829. The highest BCUT2D eigenvalue weighted by Gasteiger charge is 2.28. The van der Waals surface area contributed by atoms with Crippen molar-refractivity contribution in [2.75, 3.05) is 28.5 Å². The Balaban J connectivity index is 2.09. The van der Waals surface area contributed by atoms with Gasteiger partial charge in [0.1, 0.15) is 0 Å². The van der Waals surface area contributed by atoms with E-state index in [1.165, 1.54) is 11.2 Å². The molecule has 0 unspecified atom stereocenters. The summed E-state index contributed by atoms with van der Waals surface area (Å²) in [6.07, 6.45) is 0.672. The van der Waals surface area contributed by atoms with E-state index < -0.39 is 10.0 Å². The number of anilines is 2. The summed E-state index contributed by atoms with van der Waals surface area (Å²) in [6, 6.07) is 4.70. The van der Waals surface area contributed by atoms with Gasteiger partial charge in [-0.2, -0.15) is 0 Å². The molecule has 1 aliphatic rings. The molecule has 1 aliphatic heterocycles. The fraction of sp³-hybridized carbons (Fsp3) is 0.429. The van der Waals surface area contributed by atoms with Crippen LogP contribution in [0, 0.1) is 0 Å². The molecule has 2 amide bonds. The topological polar surface area (TPSA) is 95.6 Å². The number of hydrogen-bond acceptors (Lipinski definition) is 4. The Morgan fingerprint density at radius 2 is 2.09 bits per heavy atom. The third-order valence-electron chi connectivity index (χ3n) is 3.34. The van der Waals surface area contributed by atoms with Gasteiger partial charge in [-0.25, -0.2) is 8.42 Å². The molecule has 0 aliphatic carbocycles. The van der Waals surface area contributed by atoms with Crippen LogP contribution in [0.2, 0.25) is 5.02 Å². The first-order valence-electron chi connectivity index (χ1n) is 7.14. The van der Waals surface area contributed by atoms with Crippen LogP contribution in [-0.2, 0) is 19.6 Å². The van der Waals surface area contributed by atoms with Crippen LogP contribution in [-0.4, -0.2) is 39.1 Å². The van der Waals surface area contributed by atoms with Gasteiger partial charge in [-0.1, -0.05) is 11.6 Å². The molecule has 2 rings (SSSR count). The van der Waals surface area contributed by atoms with E-state index in [1.54, 1.807) is 18.2 Å². The summed E-state index contributed by atoms with van der Waals surface area (Å²) in [5.41, 5.74) is 0.822. The Hall–Kier alpha value is -1.80. The summed E-state index contributed by atoms with van der Waals surface area (Å²) in [6.45, 7) is 2.01. The van der Waals surface area contributed by atoms with Crippen LogP contribution in [0.5, 0.6) is 0 Å². The second kappa shape index (κ2) is 7.18. The number of nitrogens with one attached hydrogen (secondary N) is 2. The molecule has 0 radical (unpaired) electrons. The van der Waals surface area contributed by atoms with Gasteiger partial charge in [-0.15, -0.1) is 0 Å². The molecule has 23 heavy (non-hydrogen) atoms. The largest absolute Gasteiger partial charge is 0.356 e. The molecule has 7 nitrogen and oxygen atoms in total. The number of sulfonamides is 1. The minimum atomic E-state index is -3.29. The first-order valence-corrected chi connectivity index (χ1v) is 9.12. The maximum absolute atomic E-state index is 12.0. The molecule has 0 atom stereocenters. The number of rotatable bonds is 5. The molecule has 0 bridgehead atoms. The van der Waals surface area contributed by atoms with Crippen LogP contribution in [0.4, 0.5) is 11.4 Å². The molecular weight excluding hydrogens is 342 g/mol. The fourth-order valence-corrected chi connectivity index (χ4v) is 3.98. The van der Waals surface area contributed by atoms with E-state index in [9.17, 15) is 18.0 Å². The monoisotopic (exact) mass is 359 g/mol. The van der Waals surface area contributed by atoms with Crippen molar-refractivity contribution in [3.63, 3.8) is 0 Å². The average molecular weight is 360 g/mol. The Morgan fingerprint density at radius 3 is 2.70 bits per heavy atom. The third-order valence-corrected chi connectivity index (χ3v) is 5.54. The summed E-state index contributed by atoms with van der Waals surface area (Å²) >= 11 is 6.05. The van der Waals surface area contributed by atoms with Gasteiger partial charge in [-0.05, 0) is 24.6 Å². The van der Waals surface area contributed by atoms with E-state index in [2.05, 4.69) is 10.6 Å². The summed E-state index contributed by atoms with van der Waals surface area (Å²) in [5, 5.41) is 5.47. The van der Waals surface area contributed by atoms with E-state index >= 15 is 0 Å². The number of amides is 2. The molecule has 126 valence electrons. The van der Waals surface area contributed by atoms with Crippen molar-refractivity contribution in [2.24, 2.45) is 0 Å². The van der Waals surface area contributed by atoms with Crippen LogP contribution in [0.1, 0.15) is 19.8 Å². The third kappa shape index (κ3) is 4.59. The summed E-state index contributed by atoms with van der Waals surface area (Å²) in [5.74, 6) is -0.409. The Kier molecular flexibility index (Phi) is 5.48. The van der Waals surface area contributed by atoms with E-state index in [-0.39, 0.29) is 30.5 Å². The molecular formula is C14H18ClN3O4S. The normalized spacial score (nSPS) is 16.2. The van der Waals surface area contributed by atoms with Gasteiger partial charge in [0, 0.05) is 26.4 Å². The molecule has 1 saturated heterocycles. The van der Waals surface area contributed by atoms with Gasteiger partial charge in [-0.3, -0.25) is 13.9 Å². The van der Waals surface area contributed by atoms with Crippen LogP contribution in [0.15, 0.2) is 18.2 Å². The second-order valence-corrected chi connectivity index (χ2v) is 7.61. The van der Waals surface area contributed by atoms with Crippen molar-refractivity contribution in [1.82, 2.24) is 5.32 Å². The zero-order chi connectivity index (χ0) is 17.0. The smallest absolute Gasteiger partial charge is 0.235 e. The highest BCUT2D eigenvalue weighted by Crippen LogP contribution is 2.31. The molecule has 2 N–H and O–H groups in total. The lowest BCUT2D eigenvalue weighted by atomic mass is 10.2. The zero-order valence-corrected chi connectivity index (χ0v) is 14.2. The van der Waals surface area contributed by atoms with Gasteiger partial charge < -0.3 is 10.6 Å². The summed E-state index contributed by atoms with van der Waals surface area (Å²) in [4.78, 5) is 22.6. The number of nitrogens with zero attached hydrogens (tertiary/aromatic N) is 1. The van der Waals surface area contributed by atoms with E-state index in [4.69, 9.17) is 11.6 Å². The highest BCUT2D eigenvalue weighted by molar-refractivity contribution is 7.93. The van der Waals surface area contributed by atoms with E-state index in [0.29, 0.717) is 29.4 Å². The molecule has 0 saturated carbocycles. The number of halogens is 1. The van der Waals surface area contributed by atoms with Crippen LogP contribution in [0.3, 0.4) is 0 Å². The number of carbonyl (C=O) groups is 2. The molecule has 9 heteroatoms. The van der Waals surface area contributed by atoms with Gasteiger partial charge >= 0.3 is 0 Å². The van der Waals surface area contributed by atoms with Gasteiger partial charge in [0.2, 0.25) is 21.8 Å². The van der Waals surface area contributed by atoms with Gasteiger partial charge in [0.25, 0.3) is 0 Å². The summed E-state index contributed by atoms with van der Waals surface area (Å²) < 4.78 is 25.2. The molecule has 0 spiro atoms. The van der Waals surface area contributed by atoms with Gasteiger partial charge in [0.05, 0.1) is 22.2 Å². The SMILES string of the molecule is CC(=O)NCCC(=O)Nc1cc(N2CCCS2(=O)=O)ccc1Cl. The van der Waals surface area contributed by atoms with Gasteiger partial charge in [0.15, 0.2) is 0 Å². The molecule has 1 aromatic rings. The van der Waals surface area contributed by atoms with Crippen LogP contribution < -0.4 is 14.9 Å². The van der Waals surface area contributed by atoms with Crippen molar-refractivity contribution in [3.8, 4) is 0 Å².